The fraction of sp³-hybridized carbons (Fsp3) is 0.667. The molecule has 1 saturated carbocycles. The Labute approximate surface area is 90.5 Å². The Morgan fingerprint density at radius 2 is 2.36 bits per heavy atom. The maximum atomic E-state index is 3.45. The molecule has 1 N–H and O–H groups in total. The molecule has 1 heterocycles. The first kappa shape index (κ1) is 10.2. The number of hydrogen-bond acceptors (Lipinski definition) is 2. The van der Waals surface area contributed by atoms with Crippen molar-refractivity contribution in [3.05, 3.63) is 21.9 Å². The highest BCUT2D eigenvalue weighted by atomic mass is 32.1. The molecule has 1 unspecified atom stereocenters. The van der Waals surface area contributed by atoms with Crippen LogP contribution in [0.5, 0.6) is 0 Å². The van der Waals surface area contributed by atoms with Crippen LogP contribution in [0.1, 0.15) is 29.7 Å². The van der Waals surface area contributed by atoms with Gasteiger partial charge in [-0.15, -0.1) is 11.3 Å². The lowest BCUT2D eigenvalue weighted by molar-refractivity contribution is 0.471. The van der Waals surface area contributed by atoms with E-state index in [2.05, 4.69) is 30.7 Å². The molecule has 2 rings (SSSR count). The molecule has 0 aliphatic heterocycles. The van der Waals surface area contributed by atoms with E-state index >= 15 is 0 Å². The monoisotopic (exact) mass is 209 g/mol. The van der Waals surface area contributed by atoms with Gasteiger partial charge in [0.1, 0.15) is 0 Å². The van der Waals surface area contributed by atoms with Crippen molar-refractivity contribution >= 4 is 11.3 Å². The van der Waals surface area contributed by atoms with E-state index < -0.39 is 0 Å². The van der Waals surface area contributed by atoms with Crippen molar-refractivity contribution in [1.82, 2.24) is 5.32 Å². The quantitative estimate of drug-likeness (QED) is 0.786. The lowest BCUT2D eigenvalue weighted by Gasteiger charge is -2.14. The first-order valence-electron chi connectivity index (χ1n) is 5.51. The Kier molecular flexibility index (Phi) is 3.24. The molecule has 0 radical (unpaired) electrons. The average Bonchev–Trinajstić information content (AvgIpc) is 2.93. The summed E-state index contributed by atoms with van der Waals surface area (Å²) in [4.78, 5) is 1.57. The zero-order chi connectivity index (χ0) is 9.97. The van der Waals surface area contributed by atoms with Crippen molar-refractivity contribution in [2.24, 2.45) is 5.92 Å². The number of thiophene rings is 1. The predicted octanol–water partition coefficient (Wildman–Crippen LogP) is 2.99. The molecule has 78 valence electrons. The van der Waals surface area contributed by atoms with Gasteiger partial charge in [0.15, 0.2) is 0 Å². The largest absolute Gasteiger partial charge is 0.317 e. The van der Waals surface area contributed by atoms with Crippen molar-refractivity contribution in [2.45, 2.75) is 38.6 Å². The zero-order valence-electron chi connectivity index (χ0n) is 9.05. The fourth-order valence-electron chi connectivity index (χ4n) is 2.06. The van der Waals surface area contributed by atoms with Crippen molar-refractivity contribution in [1.29, 1.82) is 0 Å². The Morgan fingerprint density at radius 1 is 1.57 bits per heavy atom. The second-order valence-electron chi connectivity index (χ2n) is 4.30. The Bertz CT molecular complexity index is 288. The molecule has 1 aromatic rings. The highest BCUT2D eigenvalue weighted by molar-refractivity contribution is 7.10. The molecule has 1 atom stereocenters. The van der Waals surface area contributed by atoms with Crippen molar-refractivity contribution in [3.63, 3.8) is 0 Å². The lowest BCUT2D eigenvalue weighted by atomic mass is 10.1. The maximum absolute atomic E-state index is 3.45. The van der Waals surface area contributed by atoms with E-state index in [1.165, 1.54) is 31.2 Å². The van der Waals surface area contributed by atoms with Crippen LogP contribution in [0.25, 0.3) is 0 Å². The third kappa shape index (κ3) is 2.37. The molecule has 1 aliphatic carbocycles. The second-order valence-corrected chi connectivity index (χ2v) is 5.30. The predicted molar refractivity (Wildman–Crippen MR) is 62.9 cm³/mol. The van der Waals surface area contributed by atoms with Crippen LogP contribution in [0.15, 0.2) is 11.4 Å². The Morgan fingerprint density at radius 3 is 2.86 bits per heavy atom. The lowest BCUT2D eigenvalue weighted by Crippen LogP contribution is -2.27. The summed E-state index contributed by atoms with van der Waals surface area (Å²) in [6, 6.07) is 2.99. The zero-order valence-corrected chi connectivity index (χ0v) is 9.86. The van der Waals surface area contributed by atoms with Gasteiger partial charge in [0.05, 0.1) is 0 Å². The second kappa shape index (κ2) is 4.45. The van der Waals surface area contributed by atoms with Crippen LogP contribution in [0.4, 0.5) is 0 Å². The van der Waals surface area contributed by atoms with Gasteiger partial charge in [-0.25, -0.2) is 0 Å². The Hall–Kier alpha value is -0.340. The third-order valence-electron chi connectivity index (χ3n) is 3.21. The molecule has 1 aliphatic rings. The van der Waals surface area contributed by atoms with E-state index in [9.17, 15) is 0 Å². The van der Waals surface area contributed by atoms with Crippen LogP contribution in [-0.4, -0.2) is 13.1 Å². The van der Waals surface area contributed by atoms with Gasteiger partial charge < -0.3 is 5.32 Å². The number of nitrogens with one attached hydrogen (secondary N) is 1. The smallest absolute Gasteiger partial charge is 0.00957 e. The molecule has 2 heteroatoms. The first-order chi connectivity index (χ1) is 6.81. The average molecular weight is 209 g/mol. The summed E-state index contributed by atoms with van der Waals surface area (Å²) in [7, 11) is 2.10. The molecular weight excluding hydrogens is 190 g/mol. The van der Waals surface area contributed by atoms with E-state index in [4.69, 9.17) is 0 Å². The van der Waals surface area contributed by atoms with E-state index in [0.29, 0.717) is 0 Å². The summed E-state index contributed by atoms with van der Waals surface area (Å²) in [5.74, 6) is 0.972. The van der Waals surface area contributed by atoms with Crippen LogP contribution in [0, 0.1) is 12.8 Å². The van der Waals surface area contributed by atoms with Gasteiger partial charge in [0, 0.05) is 10.9 Å². The molecule has 1 nitrogen and oxygen atoms in total. The summed E-state index contributed by atoms with van der Waals surface area (Å²) in [5, 5.41) is 5.66. The number of rotatable bonds is 5. The van der Waals surface area contributed by atoms with Gasteiger partial charge >= 0.3 is 0 Å². The van der Waals surface area contributed by atoms with Gasteiger partial charge in [-0.3, -0.25) is 0 Å². The van der Waals surface area contributed by atoms with Crippen LogP contribution < -0.4 is 5.32 Å². The third-order valence-corrected chi connectivity index (χ3v) is 4.30. The standard InChI is InChI=1S/C12H19NS/c1-9-7-8-14-12(9)6-5-11(13-2)10-3-4-10/h7-8,10-11,13H,3-6H2,1-2H3. The molecular formula is C12H19NS. The summed E-state index contributed by atoms with van der Waals surface area (Å²) in [6.45, 7) is 2.22. The van der Waals surface area contributed by atoms with Crippen molar-refractivity contribution in [3.8, 4) is 0 Å². The SMILES string of the molecule is CNC(CCc1sccc1C)C1CC1. The minimum Gasteiger partial charge on any atom is -0.317 e. The molecule has 0 bridgehead atoms. The van der Waals surface area contributed by atoms with Gasteiger partial charge in [-0.1, -0.05) is 0 Å². The van der Waals surface area contributed by atoms with E-state index in [1.54, 1.807) is 4.88 Å². The summed E-state index contributed by atoms with van der Waals surface area (Å²) in [6.07, 6.45) is 5.44. The van der Waals surface area contributed by atoms with E-state index in [1.807, 2.05) is 11.3 Å². The molecule has 14 heavy (non-hydrogen) atoms. The van der Waals surface area contributed by atoms with Crippen LogP contribution in [0.3, 0.4) is 0 Å². The maximum Gasteiger partial charge on any atom is 0.00957 e. The van der Waals surface area contributed by atoms with Crippen molar-refractivity contribution in [2.75, 3.05) is 7.05 Å². The van der Waals surface area contributed by atoms with Gasteiger partial charge in [0.25, 0.3) is 0 Å². The number of aryl methyl sites for hydroxylation is 2. The van der Waals surface area contributed by atoms with Gasteiger partial charge in [-0.2, -0.15) is 0 Å². The van der Waals surface area contributed by atoms with E-state index in [-0.39, 0.29) is 0 Å². The van der Waals surface area contributed by atoms with E-state index in [0.717, 1.165) is 12.0 Å². The topological polar surface area (TPSA) is 12.0 Å². The highest BCUT2D eigenvalue weighted by Crippen LogP contribution is 2.34. The summed E-state index contributed by atoms with van der Waals surface area (Å²) >= 11 is 1.91. The minimum atomic E-state index is 0.761. The fourth-order valence-corrected chi connectivity index (χ4v) is 2.99. The highest BCUT2D eigenvalue weighted by Gasteiger charge is 2.29. The molecule has 0 aromatic carbocycles. The van der Waals surface area contributed by atoms with Crippen LogP contribution in [0.2, 0.25) is 0 Å². The first-order valence-corrected chi connectivity index (χ1v) is 6.39. The normalized spacial score (nSPS) is 18.4. The molecule has 1 fully saturated rings. The van der Waals surface area contributed by atoms with Gasteiger partial charge in [-0.05, 0) is 62.6 Å². The molecule has 1 aromatic heterocycles. The van der Waals surface area contributed by atoms with Crippen LogP contribution in [-0.2, 0) is 6.42 Å². The minimum absolute atomic E-state index is 0.761. The molecule has 0 saturated heterocycles. The number of hydrogen-bond donors (Lipinski definition) is 1. The Balaban J connectivity index is 1.83. The molecule has 0 spiro atoms. The molecule has 0 amide bonds. The summed E-state index contributed by atoms with van der Waals surface area (Å²) < 4.78 is 0. The van der Waals surface area contributed by atoms with Crippen molar-refractivity contribution < 1.29 is 0 Å². The van der Waals surface area contributed by atoms with Crippen LogP contribution >= 0.6 is 11.3 Å². The van der Waals surface area contributed by atoms with Gasteiger partial charge in [0.2, 0.25) is 0 Å². The summed E-state index contributed by atoms with van der Waals surface area (Å²) in [5.41, 5.74) is 1.47.